The second-order valence-electron chi connectivity index (χ2n) is 14.0. The normalized spacial score (nSPS) is 16.0. The fourth-order valence-corrected chi connectivity index (χ4v) is 7.51. The van der Waals surface area contributed by atoms with Crippen molar-refractivity contribution < 1.29 is 37.9 Å². The van der Waals surface area contributed by atoms with Gasteiger partial charge in [0, 0.05) is 37.4 Å². The highest BCUT2D eigenvalue weighted by atomic mass is 35.5. The largest absolute Gasteiger partial charge is 0.493 e. The Morgan fingerprint density at radius 1 is 0.375 bits per heavy atom. The Hall–Kier alpha value is -3.50. The van der Waals surface area contributed by atoms with Crippen LogP contribution in [0.4, 0.5) is 0 Å². The van der Waals surface area contributed by atoms with Gasteiger partial charge in [-0.25, -0.2) is 0 Å². The third kappa shape index (κ3) is 12.5. The first kappa shape index (κ1) is 42.1. The lowest BCUT2D eigenvalue weighted by Crippen LogP contribution is -2.15. The van der Waals surface area contributed by atoms with E-state index in [1.807, 2.05) is 0 Å². The van der Waals surface area contributed by atoms with Crippen LogP contribution in [-0.2, 0) is 44.6 Å². The molecule has 0 spiro atoms. The number of fused-ring (bicyclic) bond motifs is 2. The molecule has 4 aromatic rings. The molecule has 0 atom stereocenters. The van der Waals surface area contributed by atoms with Crippen LogP contribution in [0.2, 0.25) is 0 Å². The van der Waals surface area contributed by atoms with Gasteiger partial charge < -0.3 is 37.9 Å². The number of unbranched alkanes of at least 4 members (excludes halogenated alkanes) is 2. The molecule has 1 aliphatic heterocycles. The Labute approximate surface area is 342 Å². The Balaban J connectivity index is 1.47. The fourth-order valence-electron chi connectivity index (χ4n) is 7.14. The molecule has 0 unspecified atom stereocenters. The fraction of sp³-hybridized carbons (Fsp3) is 0.478. The molecule has 0 radical (unpaired) electrons. The highest BCUT2D eigenvalue weighted by Gasteiger charge is 2.22. The van der Waals surface area contributed by atoms with Crippen LogP contribution in [-0.4, -0.2) is 91.0 Å². The Morgan fingerprint density at radius 2 is 0.661 bits per heavy atom. The van der Waals surface area contributed by atoms with Crippen molar-refractivity contribution in [3.05, 3.63) is 117 Å². The van der Waals surface area contributed by atoms with Crippen LogP contribution < -0.4 is 18.9 Å². The van der Waals surface area contributed by atoms with E-state index in [-0.39, 0.29) is 0 Å². The third-order valence-corrected chi connectivity index (χ3v) is 10.4. The molecule has 0 saturated carbocycles. The van der Waals surface area contributed by atoms with E-state index < -0.39 is 0 Å². The molecule has 4 aromatic carbocycles. The first-order chi connectivity index (χ1) is 27.7. The number of benzene rings is 4. The number of alkyl halides is 2. The summed E-state index contributed by atoms with van der Waals surface area (Å²) in [6.45, 7) is 5.72. The summed E-state index contributed by atoms with van der Waals surface area (Å²) >= 11 is 12.1. The molecule has 6 rings (SSSR count). The van der Waals surface area contributed by atoms with Crippen LogP contribution in [0.15, 0.2) is 72.8 Å². The quantitative estimate of drug-likeness (QED) is 0.102. The summed E-state index contributed by atoms with van der Waals surface area (Å²) in [7, 11) is 0. The van der Waals surface area contributed by atoms with Crippen molar-refractivity contribution >= 4 is 23.2 Å². The van der Waals surface area contributed by atoms with Crippen LogP contribution in [0, 0.1) is 0 Å². The second-order valence-corrected chi connectivity index (χ2v) is 14.7. The van der Waals surface area contributed by atoms with E-state index in [0.29, 0.717) is 117 Å². The number of hydrogen-bond donors (Lipinski definition) is 0. The lowest BCUT2D eigenvalue weighted by atomic mass is 9.91. The highest BCUT2D eigenvalue weighted by Crippen LogP contribution is 2.39. The lowest BCUT2D eigenvalue weighted by molar-refractivity contribution is -0.00706. The summed E-state index contributed by atoms with van der Waals surface area (Å²) in [5.74, 6) is 4.74. The topological polar surface area (TPSA) is 73.8 Å². The first-order valence-electron chi connectivity index (χ1n) is 20.1. The monoisotopic (exact) mass is 806 g/mol. The van der Waals surface area contributed by atoms with Crippen LogP contribution in [0.3, 0.4) is 0 Å². The van der Waals surface area contributed by atoms with Crippen LogP contribution >= 0.6 is 23.2 Å². The average Bonchev–Trinajstić information content (AvgIpc) is 3.20. The number of halogens is 2. The maximum absolute atomic E-state index is 6.69. The number of hydrogen-bond acceptors (Lipinski definition) is 8. The molecule has 8 nitrogen and oxygen atoms in total. The molecule has 0 N–H and O–H groups in total. The van der Waals surface area contributed by atoms with Gasteiger partial charge >= 0.3 is 0 Å². The van der Waals surface area contributed by atoms with E-state index in [9.17, 15) is 0 Å². The molecule has 0 amide bonds. The predicted molar refractivity (Wildman–Crippen MR) is 222 cm³/mol. The first-order valence-corrected chi connectivity index (χ1v) is 21.2. The van der Waals surface area contributed by atoms with Crippen molar-refractivity contribution in [2.24, 2.45) is 0 Å². The zero-order chi connectivity index (χ0) is 38.6. The molecule has 0 saturated heterocycles. The van der Waals surface area contributed by atoms with Crippen molar-refractivity contribution in [2.75, 3.05) is 91.0 Å². The maximum atomic E-state index is 6.69. The zero-order valence-electron chi connectivity index (χ0n) is 32.5. The van der Waals surface area contributed by atoms with Crippen molar-refractivity contribution in [1.29, 1.82) is 0 Å². The van der Waals surface area contributed by atoms with Gasteiger partial charge in [0.2, 0.25) is 0 Å². The molecule has 2 aliphatic rings. The van der Waals surface area contributed by atoms with Gasteiger partial charge in [0.1, 0.15) is 36.2 Å². The van der Waals surface area contributed by atoms with Crippen LogP contribution in [0.5, 0.6) is 23.0 Å². The minimum Gasteiger partial charge on any atom is -0.493 e. The van der Waals surface area contributed by atoms with Gasteiger partial charge in [0.05, 0.1) is 66.1 Å². The van der Waals surface area contributed by atoms with Gasteiger partial charge in [0.15, 0.2) is 0 Å². The van der Waals surface area contributed by atoms with E-state index in [1.54, 1.807) is 0 Å². The van der Waals surface area contributed by atoms with Crippen molar-refractivity contribution in [3.63, 3.8) is 0 Å². The molecule has 1 heterocycles. The highest BCUT2D eigenvalue weighted by molar-refractivity contribution is 6.18. The van der Waals surface area contributed by atoms with Crippen molar-refractivity contribution in [3.8, 4) is 23.0 Å². The molecular weight excluding hydrogens is 751 g/mol. The minimum atomic E-state index is 0.397. The summed E-state index contributed by atoms with van der Waals surface area (Å²) in [4.78, 5) is 0. The summed E-state index contributed by atoms with van der Waals surface area (Å²) in [6.07, 6.45) is 6.02. The number of ether oxygens (including phenoxy) is 8. The summed E-state index contributed by atoms with van der Waals surface area (Å²) in [5.41, 5.74) is 8.72. The average molecular weight is 808 g/mol. The molecular formula is C46H56Cl2O8. The van der Waals surface area contributed by atoms with Crippen LogP contribution in [0.1, 0.15) is 70.2 Å². The molecule has 1 aliphatic carbocycles. The second kappa shape index (κ2) is 23.7. The van der Waals surface area contributed by atoms with Gasteiger partial charge in [-0.3, -0.25) is 0 Å². The predicted octanol–water partition coefficient (Wildman–Crippen LogP) is 9.00. The summed E-state index contributed by atoms with van der Waals surface area (Å²) < 4.78 is 50.1. The Morgan fingerprint density at radius 3 is 0.964 bits per heavy atom. The van der Waals surface area contributed by atoms with E-state index in [1.165, 1.54) is 0 Å². The molecule has 0 aromatic heterocycles. The molecule has 10 bridgehead atoms. The smallest absolute Gasteiger partial charge is 0.126 e. The van der Waals surface area contributed by atoms with Gasteiger partial charge in [0.25, 0.3) is 0 Å². The standard InChI is InChI=1S/C46H56Cl2O8/c47-17-1-3-19-53-43-35-9-5-10-36(43)32-40-14-8-16-42-34-38-12-6-11-37(44(38)54-20-4-2-18-48)33-41-15-7-13-39(31-35)45(41)55-29-27-51-25-23-49-21-22-50-24-26-52-28-30-56-46(40)42/h5-16H,1-4,17-34H2. The van der Waals surface area contributed by atoms with E-state index in [4.69, 9.17) is 61.1 Å². The molecule has 0 fully saturated rings. The molecule has 10 heteroatoms. The van der Waals surface area contributed by atoms with E-state index in [2.05, 4.69) is 72.8 Å². The number of para-hydroxylation sites is 4. The lowest BCUT2D eigenvalue weighted by Gasteiger charge is -2.23. The van der Waals surface area contributed by atoms with Gasteiger partial charge in [-0.1, -0.05) is 72.8 Å². The summed E-state index contributed by atoms with van der Waals surface area (Å²) in [6, 6.07) is 25.8. The van der Waals surface area contributed by atoms with Gasteiger partial charge in [-0.15, -0.1) is 23.2 Å². The SMILES string of the molecule is ClCCCCOc1c2cccc1Cc1cccc3c1OCCOCCOCCOCCOCCOc1c(cccc1Cc1cccc(c1OCCCCCl)C3)C2. The van der Waals surface area contributed by atoms with Crippen molar-refractivity contribution in [1.82, 2.24) is 0 Å². The summed E-state index contributed by atoms with van der Waals surface area (Å²) in [5, 5.41) is 0. The minimum absolute atomic E-state index is 0.397. The third-order valence-electron chi connectivity index (χ3n) is 9.85. The van der Waals surface area contributed by atoms with E-state index >= 15 is 0 Å². The molecule has 56 heavy (non-hydrogen) atoms. The number of rotatable bonds is 10. The van der Waals surface area contributed by atoms with Gasteiger partial charge in [-0.05, 0) is 70.2 Å². The molecule has 302 valence electrons. The zero-order valence-corrected chi connectivity index (χ0v) is 34.0. The van der Waals surface area contributed by atoms with Crippen LogP contribution in [0.25, 0.3) is 0 Å². The Kier molecular flexibility index (Phi) is 17.8. The van der Waals surface area contributed by atoms with Crippen molar-refractivity contribution in [2.45, 2.75) is 51.4 Å². The maximum Gasteiger partial charge on any atom is 0.126 e. The van der Waals surface area contributed by atoms with E-state index in [0.717, 1.165) is 93.2 Å². The van der Waals surface area contributed by atoms with Gasteiger partial charge in [-0.2, -0.15) is 0 Å². The Bertz CT molecular complexity index is 1570.